The standard InChI is InChI=1S/C29H30N4O4/c34-28(20-33-17-15-32(16-18-33)14-6-9-22-7-2-1-3-8-22)31-25-11-5-4-10-24(25)29(35)30-23-12-13-26-27(19-23)37-21-36-26/h1-13,19H,14-18,20-21H2,(H,30,35)(H,31,34). The first-order chi connectivity index (χ1) is 18.1. The summed E-state index contributed by atoms with van der Waals surface area (Å²) >= 11 is 0. The Balaban J connectivity index is 1.10. The van der Waals surface area contributed by atoms with Crippen LogP contribution in [-0.2, 0) is 4.79 Å². The van der Waals surface area contributed by atoms with Crippen molar-refractivity contribution in [2.75, 3.05) is 56.7 Å². The normalized spacial score (nSPS) is 15.6. The summed E-state index contributed by atoms with van der Waals surface area (Å²) in [6.07, 6.45) is 4.32. The van der Waals surface area contributed by atoms with E-state index in [1.54, 1.807) is 42.5 Å². The van der Waals surface area contributed by atoms with Crippen molar-refractivity contribution in [1.29, 1.82) is 0 Å². The number of carbonyl (C=O) groups excluding carboxylic acids is 2. The molecule has 0 bridgehead atoms. The number of ether oxygens (including phenoxy) is 2. The zero-order valence-electron chi connectivity index (χ0n) is 20.6. The molecule has 2 N–H and O–H groups in total. The van der Waals surface area contributed by atoms with Gasteiger partial charge in [-0.3, -0.25) is 19.4 Å². The molecule has 0 aliphatic carbocycles. The molecule has 0 radical (unpaired) electrons. The van der Waals surface area contributed by atoms with Crippen LogP contribution in [0, 0.1) is 0 Å². The molecule has 0 saturated carbocycles. The van der Waals surface area contributed by atoms with Crippen molar-refractivity contribution in [1.82, 2.24) is 9.80 Å². The van der Waals surface area contributed by atoms with Crippen LogP contribution < -0.4 is 20.1 Å². The summed E-state index contributed by atoms with van der Waals surface area (Å²) in [7, 11) is 0. The molecule has 3 aromatic carbocycles. The Bertz CT molecular complexity index is 1270. The second-order valence-electron chi connectivity index (χ2n) is 9.01. The molecule has 0 spiro atoms. The van der Waals surface area contributed by atoms with Gasteiger partial charge in [-0.25, -0.2) is 0 Å². The second kappa shape index (κ2) is 11.7. The van der Waals surface area contributed by atoms with Gasteiger partial charge >= 0.3 is 0 Å². The van der Waals surface area contributed by atoms with Gasteiger partial charge in [-0.2, -0.15) is 0 Å². The quantitative estimate of drug-likeness (QED) is 0.490. The van der Waals surface area contributed by atoms with Gasteiger partial charge in [0.2, 0.25) is 12.7 Å². The number of carbonyl (C=O) groups is 2. The van der Waals surface area contributed by atoms with E-state index in [2.05, 4.69) is 44.7 Å². The van der Waals surface area contributed by atoms with Gasteiger partial charge in [-0.05, 0) is 29.8 Å². The number of nitrogens with one attached hydrogen (secondary N) is 2. The number of piperazine rings is 1. The van der Waals surface area contributed by atoms with E-state index in [1.807, 2.05) is 18.2 Å². The van der Waals surface area contributed by atoms with Crippen LogP contribution in [0.5, 0.6) is 11.5 Å². The van der Waals surface area contributed by atoms with Gasteiger partial charge in [-0.1, -0.05) is 54.6 Å². The van der Waals surface area contributed by atoms with Gasteiger partial charge in [0.15, 0.2) is 11.5 Å². The van der Waals surface area contributed by atoms with E-state index in [0.717, 1.165) is 32.7 Å². The van der Waals surface area contributed by atoms with E-state index in [4.69, 9.17) is 9.47 Å². The maximum Gasteiger partial charge on any atom is 0.257 e. The highest BCUT2D eigenvalue weighted by molar-refractivity contribution is 6.10. The SMILES string of the molecule is O=C(CN1CCN(CC=Cc2ccccc2)CC1)Nc1ccccc1C(=O)Nc1ccc2c(c1)OCO2. The van der Waals surface area contributed by atoms with Crippen molar-refractivity contribution >= 4 is 29.3 Å². The van der Waals surface area contributed by atoms with Gasteiger partial charge < -0.3 is 20.1 Å². The van der Waals surface area contributed by atoms with Gasteiger partial charge in [-0.15, -0.1) is 0 Å². The smallest absolute Gasteiger partial charge is 0.257 e. The van der Waals surface area contributed by atoms with E-state index in [0.29, 0.717) is 28.4 Å². The largest absolute Gasteiger partial charge is 0.454 e. The third kappa shape index (κ3) is 6.55. The topological polar surface area (TPSA) is 83.1 Å². The summed E-state index contributed by atoms with van der Waals surface area (Å²) in [5.41, 5.74) is 2.66. The lowest BCUT2D eigenvalue weighted by Crippen LogP contribution is -2.48. The van der Waals surface area contributed by atoms with Crippen molar-refractivity contribution in [2.24, 2.45) is 0 Å². The Morgan fingerprint density at radius 2 is 1.54 bits per heavy atom. The summed E-state index contributed by atoms with van der Waals surface area (Å²) in [5.74, 6) is 0.787. The van der Waals surface area contributed by atoms with Crippen LogP contribution in [-0.4, -0.2) is 67.7 Å². The Labute approximate surface area is 216 Å². The number of para-hydroxylation sites is 1. The molecule has 5 rings (SSSR count). The molecule has 8 nitrogen and oxygen atoms in total. The lowest BCUT2D eigenvalue weighted by Gasteiger charge is -2.33. The number of benzene rings is 3. The Hall–Kier alpha value is -4.14. The molecule has 3 aromatic rings. The van der Waals surface area contributed by atoms with E-state index < -0.39 is 0 Å². The first-order valence-corrected chi connectivity index (χ1v) is 12.4. The van der Waals surface area contributed by atoms with Crippen molar-refractivity contribution in [3.63, 3.8) is 0 Å². The molecule has 0 aromatic heterocycles. The molecule has 2 aliphatic rings. The summed E-state index contributed by atoms with van der Waals surface area (Å²) < 4.78 is 10.7. The molecule has 1 saturated heterocycles. The maximum atomic E-state index is 13.0. The first kappa shape index (κ1) is 24.5. The first-order valence-electron chi connectivity index (χ1n) is 12.4. The fraction of sp³-hybridized carbons (Fsp3) is 0.241. The third-order valence-corrected chi connectivity index (χ3v) is 6.38. The predicted molar refractivity (Wildman–Crippen MR) is 144 cm³/mol. The summed E-state index contributed by atoms with van der Waals surface area (Å²) in [5, 5.41) is 5.79. The predicted octanol–water partition coefficient (Wildman–Crippen LogP) is 3.94. The average molecular weight is 499 g/mol. The van der Waals surface area contributed by atoms with Crippen LogP contribution in [0.3, 0.4) is 0 Å². The van der Waals surface area contributed by atoms with Crippen LogP contribution >= 0.6 is 0 Å². The molecule has 0 unspecified atom stereocenters. The Morgan fingerprint density at radius 1 is 0.811 bits per heavy atom. The number of amides is 2. The fourth-order valence-corrected chi connectivity index (χ4v) is 4.39. The van der Waals surface area contributed by atoms with E-state index >= 15 is 0 Å². The van der Waals surface area contributed by atoms with Crippen molar-refractivity contribution < 1.29 is 19.1 Å². The highest BCUT2D eigenvalue weighted by atomic mass is 16.7. The van der Waals surface area contributed by atoms with Crippen LogP contribution in [0.1, 0.15) is 15.9 Å². The highest BCUT2D eigenvalue weighted by Gasteiger charge is 2.20. The van der Waals surface area contributed by atoms with Gasteiger partial charge in [0, 0.05) is 44.5 Å². The van der Waals surface area contributed by atoms with Crippen LogP contribution in [0.15, 0.2) is 78.9 Å². The number of nitrogens with zero attached hydrogens (tertiary/aromatic N) is 2. The number of hydrogen-bond acceptors (Lipinski definition) is 6. The van der Waals surface area contributed by atoms with Crippen LogP contribution in [0.25, 0.3) is 6.08 Å². The Kier molecular flexibility index (Phi) is 7.78. The zero-order valence-corrected chi connectivity index (χ0v) is 20.6. The van der Waals surface area contributed by atoms with E-state index in [1.165, 1.54) is 5.56 Å². The number of rotatable bonds is 8. The molecule has 0 atom stereocenters. The lowest BCUT2D eigenvalue weighted by molar-refractivity contribution is -0.117. The Morgan fingerprint density at radius 3 is 2.38 bits per heavy atom. The summed E-state index contributed by atoms with van der Waals surface area (Å²) in [6.45, 7) is 4.79. The van der Waals surface area contributed by atoms with Gasteiger partial charge in [0.05, 0.1) is 17.8 Å². The van der Waals surface area contributed by atoms with Gasteiger partial charge in [0.25, 0.3) is 5.91 Å². The van der Waals surface area contributed by atoms with Crippen molar-refractivity contribution in [3.05, 3.63) is 90.0 Å². The minimum atomic E-state index is -0.313. The summed E-state index contributed by atoms with van der Waals surface area (Å²) in [6, 6.07) is 22.5. The fourth-order valence-electron chi connectivity index (χ4n) is 4.39. The number of hydrogen-bond donors (Lipinski definition) is 2. The molecular weight excluding hydrogens is 468 g/mol. The summed E-state index contributed by atoms with van der Waals surface area (Å²) in [4.78, 5) is 30.3. The monoisotopic (exact) mass is 498 g/mol. The average Bonchev–Trinajstić information content (AvgIpc) is 3.39. The highest BCUT2D eigenvalue weighted by Crippen LogP contribution is 2.34. The minimum absolute atomic E-state index is 0.138. The molecule has 190 valence electrons. The molecule has 2 amide bonds. The molecule has 2 heterocycles. The minimum Gasteiger partial charge on any atom is -0.454 e. The van der Waals surface area contributed by atoms with Crippen LogP contribution in [0.4, 0.5) is 11.4 Å². The maximum absolute atomic E-state index is 13.0. The van der Waals surface area contributed by atoms with Crippen molar-refractivity contribution in [2.45, 2.75) is 0 Å². The molecular formula is C29H30N4O4. The van der Waals surface area contributed by atoms with E-state index in [9.17, 15) is 9.59 Å². The van der Waals surface area contributed by atoms with Crippen molar-refractivity contribution in [3.8, 4) is 11.5 Å². The van der Waals surface area contributed by atoms with Crippen LogP contribution in [0.2, 0.25) is 0 Å². The number of fused-ring (bicyclic) bond motifs is 1. The second-order valence-corrected chi connectivity index (χ2v) is 9.01. The van der Waals surface area contributed by atoms with Gasteiger partial charge in [0.1, 0.15) is 0 Å². The molecule has 37 heavy (non-hydrogen) atoms. The molecule has 2 aliphatic heterocycles. The zero-order chi connectivity index (χ0) is 25.5. The number of anilines is 2. The molecule has 8 heteroatoms. The lowest BCUT2D eigenvalue weighted by atomic mass is 10.1. The third-order valence-electron chi connectivity index (χ3n) is 6.38. The molecule has 1 fully saturated rings. The van der Waals surface area contributed by atoms with E-state index in [-0.39, 0.29) is 25.2 Å².